The first-order valence-corrected chi connectivity index (χ1v) is 12.0. The average Bonchev–Trinajstić information content (AvgIpc) is 3.26. The topological polar surface area (TPSA) is 106 Å². The third-order valence-electron chi connectivity index (χ3n) is 5.84. The molecule has 0 spiro atoms. The smallest absolute Gasteiger partial charge is 0.486 e. The van der Waals surface area contributed by atoms with Gasteiger partial charge in [0, 0.05) is 37.4 Å². The molecule has 5 rings (SSSR count). The van der Waals surface area contributed by atoms with Crippen LogP contribution in [0.15, 0.2) is 24.3 Å². The summed E-state index contributed by atoms with van der Waals surface area (Å²) >= 11 is 1.68. The van der Waals surface area contributed by atoms with Gasteiger partial charge in [-0.3, -0.25) is 0 Å². The number of rotatable bonds is 6. The zero-order valence-electron chi connectivity index (χ0n) is 18.4. The van der Waals surface area contributed by atoms with E-state index in [4.69, 9.17) is 29.3 Å². The number of anilines is 2. The van der Waals surface area contributed by atoms with Gasteiger partial charge >= 0.3 is 6.16 Å². The number of fused-ring (bicyclic) bond motifs is 2. The van der Waals surface area contributed by atoms with Crippen LogP contribution in [0.5, 0.6) is 11.5 Å². The molecule has 0 aliphatic carbocycles. The number of thiophene rings is 1. The maximum absolute atomic E-state index is 10.8. The van der Waals surface area contributed by atoms with Crippen LogP contribution < -0.4 is 19.7 Å². The van der Waals surface area contributed by atoms with Gasteiger partial charge in [0.1, 0.15) is 30.0 Å². The first-order chi connectivity index (χ1) is 16.1. The fraction of sp³-hybridized carbons (Fsp3) is 0.435. The molecule has 9 nitrogen and oxygen atoms in total. The van der Waals surface area contributed by atoms with E-state index in [1.807, 2.05) is 18.2 Å². The number of hydrogen-bond donors (Lipinski definition) is 2. The van der Waals surface area contributed by atoms with Gasteiger partial charge in [0.25, 0.3) is 0 Å². The molecule has 0 radical (unpaired) electrons. The second-order valence-electron chi connectivity index (χ2n) is 8.06. The maximum Gasteiger partial charge on any atom is 0.506 e. The molecule has 2 aliphatic heterocycles. The molecule has 33 heavy (non-hydrogen) atoms. The second kappa shape index (κ2) is 9.30. The van der Waals surface area contributed by atoms with E-state index in [0.29, 0.717) is 51.6 Å². The van der Waals surface area contributed by atoms with Gasteiger partial charge in [-0.2, -0.15) is 4.98 Å². The summed E-state index contributed by atoms with van der Waals surface area (Å²) in [7, 11) is 0. The standard InChI is InChI=1S/C23H26N4O5S/c1-2-16-12-17-20(24-13-14-3-4-18-19(11-14)31-10-9-30-18)25-22(26-21(17)33-16)27-7-5-15(6-8-27)32-23(28)29/h3-4,11-12,15H,2,5-10,13H2,1H3,(H,28,29)(H,24,25,26). The van der Waals surface area contributed by atoms with Crippen LogP contribution >= 0.6 is 11.3 Å². The Hall–Kier alpha value is -3.27. The number of nitrogens with zero attached hydrogens (tertiary/aromatic N) is 3. The van der Waals surface area contributed by atoms with Gasteiger partial charge in [-0.05, 0) is 30.2 Å². The molecule has 1 fully saturated rings. The number of piperidine rings is 1. The molecule has 0 amide bonds. The summed E-state index contributed by atoms with van der Waals surface area (Å²) in [6.45, 7) is 5.16. The molecule has 1 saturated heterocycles. The predicted octanol–water partition coefficient (Wildman–Crippen LogP) is 4.30. The van der Waals surface area contributed by atoms with E-state index >= 15 is 0 Å². The maximum atomic E-state index is 10.8. The fourth-order valence-electron chi connectivity index (χ4n) is 4.11. The molecule has 2 aliphatic rings. The lowest BCUT2D eigenvalue weighted by molar-refractivity contribution is 0.0415. The van der Waals surface area contributed by atoms with Gasteiger partial charge < -0.3 is 29.5 Å². The predicted molar refractivity (Wildman–Crippen MR) is 126 cm³/mol. The monoisotopic (exact) mass is 470 g/mol. The van der Waals surface area contributed by atoms with Crippen molar-refractivity contribution in [3.8, 4) is 11.5 Å². The summed E-state index contributed by atoms with van der Waals surface area (Å²) in [6.07, 6.45) is 0.693. The Morgan fingerprint density at radius 3 is 2.76 bits per heavy atom. The Bertz CT molecular complexity index is 1160. The van der Waals surface area contributed by atoms with Crippen molar-refractivity contribution in [3.05, 3.63) is 34.7 Å². The number of benzene rings is 1. The molecule has 174 valence electrons. The molecule has 0 bridgehead atoms. The van der Waals surface area contributed by atoms with E-state index in [9.17, 15) is 4.79 Å². The SMILES string of the molecule is CCc1cc2c(NCc3ccc4c(c3)OCCO4)nc(N3CCC(OC(=O)O)CC3)nc2s1. The van der Waals surface area contributed by atoms with Crippen molar-refractivity contribution in [3.63, 3.8) is 0 Å². The molecule has 3 aromatic rings. The van der Waals surface area contributed by atoms with Crippen LogP contribution in [0.2, 0.25) is 0 Å². The number of carbonyl (C=O) groups is 1. The van der Waals surface area contributed by atoms with Crippen molar-refractivity contribution >= 4 is 39.5 Å². The number of carboxylic acid groups (broad SMARTS) is 1. The van der Waals surface area contributed by atoms with Gasteiger partial charge in [-0.1, -0.05) is 13.0 Å². The highest BCUT2D eigenvalue weighted by atomic mass is 32.1. The summed E-state index contributed by atoms with van der Waals surface area (Å²) in [5, 5.41) is 13.4. The molecule has 4 heterocycles. The molecule has 0 unspecified atom stereocenters. The highest BCUT2D eigenvalue weighted by Gasteiger charge is 2.25. The van der Waals surface area contributed by atoms with Crippen LogP contribution in [0.1, 0.15) is 30.2 Å². The number of aromatic nitrogens is 2. The van der Waals surface area contributed by atoms with E-state index in [1.165, 1.54) is 4.88 Å². The summed E-state index contributed by atoms with van der Waals surface area (Å²) in [4.78, 5) is 24.8. The number of nitrogens with one attached hydrogen (secondary N) is 1. The van der Waals surface area contributed by atoms with Crippen LogP contribution in [0.3, 0.4) is 0 Å². The van der Waals surface area contributed by atoms with Crippen LogP contribution in [-0.4, -0.2) is 53.6 Å². The zero-order chi connectivity index (χ0) is 22.8. The van der Waals surface area contributed by atoms with E-state index in [-0.39, 0.29) is 6.10 Å². The van der Waals surface area contributed by atoms with Crippen molar-refractivity contribution in [1.82, 2.24) is 9.97 Å². The normalized spacial score (nSPS) is 16.1. The number of hydrogen-bond acceptors (Lipinski definition) is 9. The van der Waals surface area contributed by atoms with Crippen molar-refractivity contribution in [2.45, 2.75) is 38.8 Å². The first kappa shape index (κ1) is 21.6. The summed E-state index contributed by atoms with van der Waals surface area (Å²) in [6, 6.07) is 8.12. The van der Waals surface area contributed by atoms with Crippen LogP contribution in [-0.2, 0) is 17.7 Å². The van der Waals surface area contributed by atoms with Crippen molar-refractivity contribution in [2.75, 3.05) is 36.5 Å². The minimum absolute atomic E-state index is 0.274. The third-order valence-corrected chi connectivity index (χ3v) is 7.01. The molecule has 2 N–H and O–H groups in total. The number of ether oxygens (including phenoxy) is 3. The van der Waals surface area contributed by atoms with Crippen LogP contribution in [0, 0.1) is 0 Å². The van der Waals surface area contributed by atoms with Crippen molar-refractivity contribution in [2.24, 2.45) is 0 Å². The molecule has 0 saturated carbocycles. The lowest BCUT2D eigenvalue weighted by atomic mass is 10.1. The quantitative estimate of drug-likeness (QED) is 0.510. The molecular weight excluding hydrogens is 444 g/mol. The highest BCUT2D eigenvalue weighted by Crippen LogP contribution is 2.34. The minimum Gasteiger partial charge on any atom is -0.486 e. The van der Waals surface area contributed by atoms with Crippen LogP contribution in [0.4, 0.5) is 16.6 Å². The average molecular weight is 471 g/mol. The third kappa shape index (κ3) is 4.75. The van der Waals surface area contributed by atoms with Gasteiger partial charge in [0.2, 0.25) is 5.95 Å². The van der Waals surface area contributed by atoms with Crippen molar-refractivity contribution < 1.29 is 24.1 Å². The summed E-state index contributed by atoms with van der Waals surface area (Å²) < 4.78 is 16.3. The Morgan fingerprint density at radius 1 is 1.21 bits per heavy atom. The second-order valence-corrected chi connectivity index (χ2v) is 9.17. The Labute approximate surface area is 195 Å². The van der Waals surface area contributed by atoms with E-state index in [0.717, 1.165) is 39.5 Å². The van der Waals surface area contributed by atoms with Gasteiger partial charge in [-0.15, -0.1) is 11.3 Å². The highest BCUT2D eigenvalue weighted by molar-refractivity contribution is 7.18. The fourth-order valence-corrected chi connectivity index (χ4v) is 5.07. The molecular formula is C23H26N4O5S. The molecule has 10 heteroatoms. The first-order valence-electron chi connectivity index (χ1n) is 11.2. The molecule has 2 aromatic heterocycles. The van der Waals surface area contributed by atoms with Gasteiger partial charge in [0.05, 0.1) is 5.39 Å². The van der Waals surface area contributed by atoms with Crippen molar-refractivity contribution in [1.29, 1.82) is 0 Å². The zero-order valence-corrected chi connectivity index (χ0v) is 19.2. The Kier molecular flexibility index (Phi) is 6.08. The molecule has 0 atom stereocenters. The van der Waals surface area contributed by atoms with E-state index < -0.39 is 6.16 Å². The van der Waals surface area contributed by atoms with Gasteiger partial charge in [-0.25, -0.2) is 9.78 Å². The lowest BCUT2D eigenvalue weighted by Crippen LogP contribution is -2.38. The largest absolute Gasteiger partial charge is 0.506 e. The molecule has 1 aromatic carbocycles. The van der Waals surface area contributed by atoms with E-state index in [2.05, 4.69) is 23.2 Å². The van der Waals surface area contributed by atoms with Crippen LogP contribution in [0.25, 0.3) is 10.2 Å². The minimum atomic E-state index is -1.22. The van der Waals surface area contributed by atoms with E-state index in [1.54, 1.807) is 11.3 Å². The Morgan fingerprint density at radius 2 is 2.00 bits per heavy atom. The summed E-state index contributed by atoms with van der Waals surface area (Å²) in [5.74, 6) is 3.00. The summed E-state index contributed by atoms with van der Waals surface area (Å²) in [5.41, 5.74) is 1.07. The number of aryl methyl sites for hydroxylation is 1. The Balaban J connectivity index is 1.37. The van der Waals surface area contributed by atoms with Gasteiger partial charge in [0.15, 0.2) is 11.5 Å². The lowest BCUT2D eigenvalue weighted by Gasteiger charge is -2.31.